The van der Waals surface area contributed by atoms with Crippen molar-refractivity contribution in [3.63, 3.8) is 0 Å². The minimum absolute atomic E-state index is 0.480. The van der Waals surface area contributed by atoms with Gasteiger partial charge in [-0.3, -0.25) is 4.18 Å². The highest BCUT2D eigenvalue weighted by Crippen LogP contribution is 2.01. The quantitative estimate of drug-likeness (QED) is 0.749. The summed E-state index contributed by atoms with van der Waals surface area (Å²) in [4.78, 5) is 11.1. The molecule has 0 aliphatic rings. The molecule has 0 spiro atoms. The van der Waals surface area contributed by atoms with Gasteiger partial charge < -0.3 is 10.1 Å². The molecule has 1 amide bonds. The summed E-state index contributed by atoms with van der Waals surface area (Å²) in [5.74, 6) is 0. The predicted octanol–water partition coefficient (Wildman–Crippen LogP) is 0.825. The maximum atomic E-state index is 13.0. The van der Waals surface area contributed by atoms with Gasteiger partial charge in [0.2, 0.25) is 0 Å². The highest BCUT2D eigenvalue weighted by Gasteiger charge is 2.17. The Hall–Kier alpha value is -0.890. The Morgan fingerprint density at radius 1 is 1.35 bits per heavy atom. The maximum absolute atomic E-state index is 13.0. The second-order valence-electron chi connectivity index (χ2n) is 4.56. The number of alkyl carbamates (subject to hydrolysis) is 1. The Morgan fingerprint density at radius 2 is 1.88 bits per heavy atom. The van der Waals surface area contributed by atoms with E-state index in [2.05, 4.69) is 14.2 Å². The molecule has 0 aliphatic carbocycles. The van der Waals surface area contributed by atoms with Crippen LogP contribution in [-0.2, 0) is 19.0 Å². The molecule has 0 bridgehead atoms. The van der Waals surface area contributed by atoms with Gasteiger partial charge in [-0.25, -0.2) is 9.18 Å². The predicted molar refractivity (Wildman–Crippen MR) is 59.9 cm³/mol. The average Bonchev–Trinajstić information content (AvgIpc) is 2.07. The van der Waals surface area contributed by atoms with Gasteiger partial charge in [0.1, 0.15) is 13.2 Å². The zero-order valence-corrected chi connectivity index (χ0v) is 11.1. The maximum Gasteiger partial charge on any atom is 0.407 e. The summed E-state index contributed by atoms with van der Waals surface area (Å²) in [6.07, 6.45) is -1.64. The third-order valence-corrected chi connectivity index (χ3v) is 1.90. The molecule has 17 heavy (non-hydrogen) atoms. The van der Waals surface area contributed by atoms with Gasteiger partial charge in [-0.15, -0.1) is 0 Å². The first kappa shape index (κ1) is 16.1. The fourth-order valence-electron chi connectivity index (χ4n) is 0.754. The van der Waals surface area contributed by atoms with Crippen molar-refractivity contribution in [2.45, 2.75) is 32.5 Å². The lowest BCUT2D eigenvalue weighted by molar-refractivity contribution is 0.0860. The molecule has 0 aromatic rings. The van der Waals surface area contributed by atoms with E-state index in [0.717, 1.165) is 6.26 Å². The van der Waals surface area contributed by atoms with E-state index in [1.165, 1.54) is 0 Å². The Kier molecular flexibility index (Phi) is 5.83. The van der Waals surface area contributed by atoms with Crippen LogP contribution in [0.5, 0.6) is 0 Å². The van der Waals surface area contributed by atoms with E-state index in [-0.39, 0.29) is 0 Å². The van der Waals surface area contributed by atoms with E-state index in [1.54, 1.807) is 20.8 Å². The molecule has 0 radical (unpaired) electrons. The first-order chi connectivity index (χ1) is 7.49. The van der Waals surface area contributed by atoms with Gasteiger partial charge in [0, 0.05) is 5.54 Å². The van der Waals surface area contributed by atoms with E-state index in [1.807, 2.05) is 0 Å². The van der Waals surface area contributed by atoms with Crippen molar-refractivity contribution < 1.29 is 26.5 Å². The molecule has 0 unspecified atom stereocenters. The van der Waals surface area contributed by atoms with Crippen molar-refractivity contribution in [1.29, 1.82) is 0 Å². The van der Waals surface area contributed by atoms with Crippen LogP contribution in [0.25, 0.3) is 0 Å². The lowest BCUT2D eigenvalue weighted by atomic mass is 10.1. The van der Waals surface area contributed by atoms with Crippen LogP contribution in [-0.4, -0.2) is 45.7 Å². The van der Waals surface area contributed by atoms with Crippen LogP contribution >= 0.6 is 0 Å². The number of halogens is 1. The van der Waals surface area contributed by atoms with E-state index >= 15 is 0 Å². The average molecular weight is 271 g/mol. The molecule has 0 aromatic carbocycles. The molecule has 1 N–H and O–H groups in total. The van der Waals surface area contributed by atoms with Crippen molar-refractivity contribution in [3.05, 3.63) is 0 Å². The number of amides is 1. The zero-order chi connectivity index (χ0) is 13.7. The molecular weight excluding hydrogens is 253 g/mol. The summed E-state index contributed by atoms with van der Waals surface area (Å²) < 4.78 is 42.9. The number of rotatable bonds is 5. The normalized spacial score (nSPS) is 14.2. The fourth-order valence-corrected chi connectivity index (χ4v) is 1.15. The molecule has 0 fully saturated rings. The summed E-state index contributed by atoms with van der Waals surface area (Å²) >= 11 is 0. The highest BCUT2D eigenvalue weighted by atomic mass is 32.2. The number of alkyl halides is 1. The van der Waals surface area contributed by atoms with Gasteiger partial charge in [-0.1, -0.05) is 0 Å². The monoisotopic (exact) mass is 271 g/mol. The molecular formula is C9H18FNO5S. The molecule has 0 aromatic heterocycles. The third kappa shape index (κ3) is 11.4. The smallest absolute Gasteiger partial charge is 0.407 e. The molecule has 8 heteroatoms. The number of nitrogens with one attached hydrogen (secondary N) is 1. The van der Waals surface area contributed by atoms with E-state index in [4.69, 9.17) is 0 Å². The molecule has 102 valence electrons. The molecule has 0 saturated carbocycles. The molecule has 0 saturated heterocycles. The van der Waals surface area contributed by atoms with E-state index < -0.39 is 41.1 Å². The van der Waals surface area contributed by atoms with Crippen molar-refractivity contribution in [1.82, 2.24) is 5.32 Å². The van der Waals surface area contributed by atoms with Gasteiger partial charge in [0.15, 0.2) is 6.17 Å². The van der Waals surface area contributed by atoms with Gasteiger partial charge in [0.05, 0.1) is 6.26 Å². The standard InChI is InChI=1S/C9H18FNO5S/c1-9(2,3)11-8(12)15-5-7(10)6-16-17(4,13)14/h7H,5-6H2,1-4H3,(H,11,12)/t7-/m1/s1. The summed E-state index contributed by atoms with van der Waals surface area (Å²) in [7, 11) is -3.68. The first-order valence-electron chi connectivity index (χ1n) is 4.93. The summed E-state index contributed by atoms with van der Waals surface area (Å²) in [5, 5.41) is 2.46. The van der Waals surface area contributed by atoms with Crippen molar-refractivity contribution in [2.24, 2.45) is 0 Å². The number of carbonyl (C=O) groups excluding carboxylic acids is 1. The molecule has 0 aliphatic heterocycles. The Balaban J connectivity index is 3.85. The van der Waals surface area contributed by atoms with Crippen LogP contribution in [0.15, 0.2) is 0 Å². The number of hydrogen-bond acceptors (Lipinski definition) is 5. The van der Waals surface area contributed by atoms with Gasteiger partial charge in [-0.05, 0) is 20.8 Å². The minimum atomic E-state index is -3.68. The van der Waals surface area contributed by atoms with Crippen LogP contribution in [0.3, 0.4) is 0 Å². The number of carbonyl (C=O) groups is 1. The molecule has 0 heterocycles. The van der Waals surface area contributed by atoms with Crippen molar-refractivity contribution in [3.8, 4) is 0 Å². The molecule has 6 nitrogen and oxygen atoms in total. The fraction of sp³-hybridized carbons (Fsp3) is 0.889. The van der Waals surface area contributed by atoms with Crippen LogP contribution in [0.4, 0.5) is 9.18 Å². The molecule has 1 atom stereocenters. The lowest BCUT2D eigenvalue weighted by Crippen LogP contribution is -2.41. The lowest BCUT2D eigenvalue weighted by Gasteiger charge is -2.20. The SMILES string of the molecule is CC(C)(C)NC(=O)OC[C@@H](F)COS(C)(=O)=O. The zero-order valence-electron chi connectivity index (χ0n) is 10.3. The second-order valence-corrected chi connectivity index (χ2v) is 6.20. The first-order valence-corrected chi connectivity index (χ1v) is 6.75. The minimum Gasteiger partial charge on any atom is -0.446 e. The van der Waals surface area contributed by atoms with Crippen LogP contribution in [0, 0.1) is 0 Å². The van der Waals surface area contributed by atoms with Crippen LogP contribution in [0.2, 0.25) is 0 Å². The van der Waals surface area contributed by atoms with Crippen LogP contribution < -0.4 is 5.32 Å². The summed E-state index contributed by atoms with van der Waals surface area (Å²) in [6, 6.07) is 0. The van der Waals surface area contributed by atoms with Crippen molar-refractivity contribution >= 4 is 16.2 Å². The topological polar surface area (TPSA) is 81.7 Å². The van der Waals surface area contributed by atoms with Gasteiger partial charge >= 0.3 is 6.09 Å². The summed E-state index contributed by atoms with van der Waals surface area (Å²) in [6.45, 7) is 4.01. The number of ether oxygens (including phenoxy) is 1. The summed E-state index contributed by atoms with van der Waals surface area (Å²) in [5.41, 5.74) is -0.480. The van der Waals surface area contributed by atoms with Gasteiger partial charge in [0.25, 0.3) is 10.1 Å². The second kappa shape index (κ2) is 6.15. The molecule has 0 rings (SSSR count). The van der Waals surface area contributed by atoms with Crippen LogP contribution in [0.1, 0.15) is 20.8 Å². The highest BCUT2D eigenvalue weighted by molar-refractivity contribution is 7.85. The van der Waals surface area contributed by atoms with E-state index in [9.17, 15) is 17.6 Å². The number of hydrogen-bond donors (Lipinski definition) is 1. The van der Waals surface area contributed by atoms with E-state index in [0.29, 0.717) is 0 Å². The Morgan fingerprint density at radius 3 is 2.29 bits per heavy atom. The Bertz CT molecular complexity index is 349. The van der Waals surface area contributed by atoms with Crippen molar-refractivity contribution in [2.75, 3.05) is 19.5 Å². The largest absolute Gasteiger partial charge is 0.446 e. The van der Waals surface area contributed by atoms with Gasteiger partial charge in [-0.2, -0.15) is 8.42 Å². The Labute approximate surface area is 101 Å². The third-order valence-electron chi connectivity index (χ3n) is 1.34.